The lowest BCUT2D eigenvalue weighted by atomic mass is 9.94. The molecule has 0 radical (unpaired) electrons. The van der Waals surface area contributed by atoms with Gasteiger partial charge in [-0.2, -0.15) is 0 Å². The van der Waals surface area contributed by atoms with Gasteiger partial charge in [0, 0.05) is 11.6 Å². The van der Waals surface area contributed by atoms with E-state index in [1.54, 1.807) is 18.2 Å². The topological polar surface area (TPSA) is 89.2 Å². The molecule has 7 nitrogen and oxygen atoms in total. The van der Waals surface area contributed by atoms with Gasteiger partial charge in [0.25, 0.3) is 11.7 Å². The van der Waals surface area contributed by atoms with Gasteiger partial charge < -0.3 is 23.9 Å². The van der Waals surface area contributed by atoms with Crippen molar-refractivity contribution >= 4 is 29.1 Å². The summed E-state index contributed by atoms with van der Waals surface area (Å²) in [6, 6.07) is 10.6. The summed E-state index contributed by atoms with van der Waals surface area (Å²) in [5.41, 5.74) is -0.194. The molecule has 1 atom stereocenters. The smallest absolute Gasteiger partial charge is 0.296 e. The second kappa shape index (κ2) is 8.99. The van der Waals surface area contributed by atoms with Gasteiger partial charge in [0.05, 0.1) is 49.2 Å². The molecule has 9 heteroatoms. The van der Waals surface area contributed by atoms with Crippen molar-refractivity contribution in [3.63, 3.8) is 0 Å². The number of carbonyl (C=O) groups is 2. The fourth-order valence-electron chi connectivity index (χ4n) is 3.82. The molecule has 2 heterocycles. The predicted octanol–water partition coefficient (Wildman–Crippen LogP) is 4.71. The second-order valence-electron chi connectivity index (χ2n) is 7.21. The van der Waals surface area contributed by atoms with Crippen molar-refractivity contribution in [2.45, 2.75) is 12.6 Å². The van der Waals surface area contributed by atoms with Crippen LogP contribution in [0.4, 0.5) is 4.39 Å². The maximum Gasteiger partial charge on any atom is 0.296 e. The number of benzene rings is 2. The third-order valence-electron chi connectivity index (χ3n) is 5.38. The molecule has 1 N–H and O–H groups in total. The minimum atomic E-state index is -1.21. The molecule has 3 aromatic rings. The first kappa shape index (κ1) is 22.4. The summed E-state index contributed by atoms with van der Waals surface area (Å²) in [7, 11) is 2.78. The molecule has 2 aromatic carbocycles. The minimum Gasteiger partial charge on any atom is -0.507 e. The Balaban J connectivity index is 1.94. The van der Waals surface area contributed by atoms with Gasteiger partial charge in [0.15, 0.2) is 0 Å². The number of Topliss-reactive ketones (excluding diaryl/α,β-unsaturated/α-hetero) is 1. The highest BCUT2D eigenvalue weighted by Gasteiger charge is 2.47. The molecule has 0 aliphatic carbocycles. The first-order valence-electron chi connectivity index (χ1n) is 9.84. The Morgan fingerprint density at radius 3 is 2.48 bits per heavy atom. The number of amides is 1. The van der Waals surface area contributed by atoms with Gasteiger partial charge in [0.2, 0.25) is 0 Å². The van der Waals surface area contributed by atoms with Crippen molar-refractivity contribution in [1.29, 1.82) is 0 Å². The Bertz CT molecular complexity index is 1250. The number of ketones is 1. The zero-order valence-electron chi connectivity index (χ0n) is 17.7. The van der Waals surface area contributed by atoms with Gasteiger partial charge >= 0.3 is 0 Å². The summed E-state index contributed by atoms with van der Waals surface area (Å²) in [6.07, 6.45) is 1.42. The van der Waals surface area contributed by atoms with Crippen LogP contribution in [0.3, 0.4) is 0 Å². The molecule has 0 spiro atoms. The van der Waals surface area contributed by atoms with E-state index in [2.05, 4.69) is 0 Å². The summed E-state index contributed by atoms with van der Waals surface area (Å²) in [4.78, 5) is 27.2. The number of rotatable bonds is 6. The largest absolute Gasteiger partial charge is 0.507 e. The van der Waals surface area contributed by atoms with Crippen molar-refractivity contribution in [1.82, 2.24) is 4.90 Å². The molecule has 1 aliphatic heterocycles. The summed E-state index contributed by atoms with van der Waals surface area (Å²) in [6.45, 7) is -0.103. The Kier molecular flexibility index (Phi) is 6.11. The highest BCUT2D eigenvalue weighted by atomic mass is 35.5. The molecule has 1 amide bonds. The lowest BCUT2D eigenvalue weighted by Gasteiger charge is -2.25. The van der Waals surface area contributed by atoms with Crippen LogP contribution in [0.15, 0.2) is 64.8 Å². The van der Waals surface area contributed by atoms with E-state index in [1.165, 1.54) is 50.8 Å². The Morgan fingerprint density at radius 1 is 1.12 bits per heavy atom. The van der Waals surface area contributed by atoms with E-state index in [0.29, 0.717) is 5.76 Å². The Morgan fingerprint density at radius 2 is 1.85 bits per heavy atom. The SMILES string of the molecule is COc1cc(OC)c(/C(O)=C2\C(=O)C(=O)N(Cc3ccco3)C2c2ccccc2F)cc1Cl. The van der Waals surface area contributed by atoms with Crippen molar-refractivity contribution in [2.75, 3.05) is 14.2 Å². The van der Waals surface area contributed by atoms with E-state index in [4.69, 9.17) is 25.5 Å². The highest BCUT2D eigenvalue weighted by Crippen LogP contribution is 2.44. The van der Waals surface area contributed by atoms with Crippen LogP contribution in [0.5, 0.6) is 11.5 Å². The number of hydrogen-bond donors (Lipinski definition) is 1. The third-order valence-corrected chi connectivity index (χ3v) is 5.67. The van der Waals surface area contributed by atoms with E-state index in [0.717, 1.165) is 4.90 Å². The maximum absolute atomic E-state index is 14.9. The summed E-state index contributed by atoms with van der Waals surface area (Å²) >= 11 is 6.23. The van der Waals surface area contributed by atoms with E-state index < -0.39 is 29.3 Å². The standard InChI is InChI=1S/C24H19ClFNO6/c1-31-18-11-19(32-2)16(25)10-15(18)22(28)20-21(14-7-3-4-8-17(14)26)27(24(30)23(20)29)12-13-6-5-9-33-13/h3-11,21,28H,12H2,1-2H3/b22-20+. The number of hydrogen-bond acceptors (Lipinski definition) is 6. The molecule has 170 valence electrons. The lowest BCUT2D eigenvalue weighted by Crippen LogP contribution is -2.29. The molecule has 0 bridgehead atoms. The molecule has 0 saturated carbocycles. The summed E-state index contributed by atoms with van der Waals surface area (Å²) in [5, 5.41) is 11.4. The summed E-state index contributed by atoms with van der Waals surface area (Å²) in [5.74, 6) is -2.24. The van der Waals surface area contributed by atoms with Gasteiger partial charge in [-0.3, -0.25) is 9.59 Å². The molecular formula is C24H19ClFNO6. The van der Waals surface area contributed by atoms with E-state index >= 15 is 0 Å². The van der Waals surface area contributed by atoms with Crippen LogP contribution in [0.25, 0.3) is 5.76 Å². The van der Waals surface area contributed by atoms with Crippen LogP contribution in [0.2, 0.25) is 5.02 Å². The predicted molar refractivity (Wildman–Crippen MR) is 118 cm³/mol. The number of furan rings is 1. The fourth-order valence-corrected chi connectivity index (χ4v) is 4.06. The quantitative estimate of drug-likeness (QED) is 0.318. The number of aliphatic hydroxyl groups excluding tert-OH is 1. The number of carbonyl (C=O) groups excluding carboxylic acids is 2. The van der Waals surface area contributed by atoms with Gasteiger partial charge in [-0.15, -0.1) is 0 Å². The highest BCUT2D eigenvalue weighted by molar-refractivity contribution is 6.46. The normalized spacial score (nSPS) is 17.5. The van der Waals surface area contributed by atoms with Crippen LogP contribution in [0, 0.1) is 5.82 Å². The number of methoxy groups -OCH3 is 2. The number of halogens is 2. The van der Waals surface area contributed by atoms with Crippen LogP contribution < -0.4 is 9.47 Å². The second-order valence-corrected chi connectivity index (χ2v) is 7.62. The molecule has 1 unspecified atom stereocenters. The Hall–Kier alpha value is -3.78. The molecule has 1 saturated heterocycles. The zero-order valence-corrected chi connectivity index (χ0v) is 18.4. The van der Waals surface area contributed by atoms with Crippen LogP contribution in [-0.2, 0) is 16.1 Å². The van der Waals surface area contributed by atoms with Gasteiger partial charge in [-0.25, -0.2) is 4.39 Å². The number of aliphatic hydroxyl groups is 1. The van der Waals surface area contributed by atoms with Crippen molar-refractivity contribution in [3.05, 3.63) is 88.1 Å². The molecule has 4 rings (SSSR count). The average molecular weight is 472 g/mol. The zero-order chi connectivity index (χ0) is 23.7. The maximum atomic E-state index is 14.9. The summed E-state index contributed by atoms with van der Waals surface area (Å²) < 4.78 is 30.7. The van der Waals surface area contributed by atoms with Crippen molar-refractivity contribution in [2.24, 2.45) is 0 Å². The van der Waals surface area contributed by atoms with Crippen molar-refractivity contribution in [3.8, 4) is 11.5 Å². The molecule has 1 aliphatic rings. The monoisotopic (exact) mass is 471 g/mol. The molecule has 33 heavy (non-hydrogen) atoms. The Labute approximate surface area is 193 Å². The average Bonchev–Trinajstić information content (AvgIpc) is 3.41. The van der Waals surface area contributed by atoms with E-state index in [1.807, 2.05) is 0 Å². The lowest BCUT2D eigenvalue weighted by molar-refractivity contribution is -0.140. The molecular weight excluding hydrogens is 453 g/mol. The van der Waals surface area contributed by atoms with E-state index in [9.17, 15) is 19.1 Å². The molecule has 1 fully saturated rings. The number of ether oxygens (including phenoxy) is 2. The first-order valence-corrected chi connectivity index (χ1v) is 10.2. The first-order chi connectivity index (χ1) is 15.9. The van der Waals surface area contributed by atoms with Crippen molar-refractivity contribution < 1.29 is 33.0 Å². The minimum absolute atomic E-state index is 0.0448. The van der Waals surface area contributed by atoms with Crippen LogP contribution >= 0.6 is 11.6 Å². The number of nitrogens with zero attached hydrogens (tertiary/aromatic N) is 1. The third kappa shape index (κ3) is 3.93. The van der Waals surface area contributed by atoms with Gasteiger partial charge in [-0.05, 0) is 24.3 Å². The van der Waals surface area contributed by atoms with E-state index in [-0.39, 0.29) is 39.8 Å². The van der Waals surface area contributed by atoms with Gasteiger partial charge in [-0.1, -0.05) is 29.8 Å². The number of likely N-dealkylation sites (tertiary alicyclic amines) is 1. The van der Waals surface area contributed by atoms with Crippen LogP contribution in [-0.4, -0.2) is 35.9 Å². The van der Waals surface area contributed by atoms with Crippen LogP contribution in [0.1, 0.15) is 22.9 Å². The van der Waals surface area contributed by atoms with Gasteiger partial charge in [0.1, 0.15) is 28.8 Å². The fraction of sp³-hybridized carbons (Fsp3) is 0.167. The molecule has 1 aromatic heterocycles.